The van der Waals surface area contributed by atoms with Crippen molar-refractivity contribution < 1.29 is 4.79 Å². The molecule has 4 aliphatic carbocycles. The van der Waals surface area contributed by atoms with Crippen LogP contribution in [0.2, 0.25) is 0 Å². The molecule has 0 bridgehead atoms. The van der Waals surface area contributed by atoms with Gasteiger partial charge in [-0.25, -0.2) is 0 Å². The van der Waals surface area contributed by atoms with Crippen LogP contribution in [0.4, 0.5) is 0 Å². The second kappa shape index (κ2) is 4.47. The number of hydrogen-bond donors (Lipinski definition) is 0. The minimum Gasteiger partial charge on any atom is -0.298 e. The normalized spacial score (nSPS) is 33.4. The Kier molecular flexibility index (Phi) is 2.87. The lowest BCUT2D eigenvalue weighted by Gasteiger charge is -2.56. The molecule has 0 aromatic rings. The minimum atomic E-state index is -0.121. The third-order valence-corrected chi connectivity index (χ3v) is 6.46. The number of carbonyl (C=O) groups excluding carboxylic acids is 1. The van der Waals surface area contributed by atoms with Crippen LogP contribution in [-0.2, 0) is 4.79 Å². The molecule has 1 heteroatoms. The van der Waals surface area contributed by atoms with Crippen molar-refractivity contribution in [2.45, 2.75) is 34.6 Å². The highest BCUT2D eigenvalue weighted by Crippen LogP contribution is 2.65. The van der Waals surface area contributed by atoms with E-state index in [1.165, 1.54) is 27.9 Å². The van der Waals surface area contributed by atoms with Gasteiger partial charge in [-0.1, -0.05) is 71.1 Å². The van der Waals surface area contributed by atoms with Gasteiger partial charge in [0.2, 0.25) is 0 Å². The Balaban J connectivity index is 2.04. The molecule has 122 valence electrons. The summed E-state index contributed by atoms with van der Waals surface area (Å²) in [5.74, 6) is 0. The molecule has 1 nitrogen and oxygen atoms in total. The van der Waals surface area contributed by atoms with E-state index in [1.54, 1.807) is 0 Å². The van der Waals surface area contributed by atoms with E-state index in [4.69, 9.17) is 0 Å². The molecule has 0 amide bonds. The Bertz CT molecular complexity index is 873. The Labute approximate surface area is 144 Å². The SMILES string of the molecule is CC(C)(C)C1=CC2=CC=C3C=C(C=O)C=C4C=CC(=C1)C2(C)C34C. The van der Waals surface area contributed by atoms with Crippen molar-refractivity contribution in [2.24, 2.45) is 16.2 Å². The Hall–Kier alpha value is -2.15. The van der Waals surface area contributed by atoms with Gasteiger partial charge in [-0.05, 0) is 45.4 Å². The van der Waals surface area contributed by atoms with Gasteiger partial charge in [-0.3, -0.25) is 4.79 Å². The smallest absolute Gasteiger partial charge is 0.150 e. The van der Waals surface area contributed by atoms with Gasteiger partial charge in [-0.2, -0.15) is 0 Å². The summed E-state index contributed by atoms with van der Waals surface area (Å²) in [6.45, 7) is 11.5. The Morgan fingerprint density at radius 2 is 1.33 bits per heavy atom. The quantitative estimate of drug-likeness (QED) is 0.591. The van der Waals surface area contributed by atoms with Crippen LogP contribution >= 0.6 is 0 Å². The predicted octanol–water partition coefficient (Wildman–Crippen LogP) is 5.41. The van der Waals surface area contributed by atoms with E-state index in [1.807, 2.05) is 0 Å². The van der Waals surface area contributed by atoms with E-state index in [0.29, 0.717) is 0 Å². The van der Waals surface area contributed by atoms with Gasteiger partial charge in [-0.15, -0.1) is 0 Å². The molecule has 24 heavy (non-hydrogen) atoms. The first kappa shape index (κ1) is 15.4. The molecule has 0 aromatic heterocycles. The maximum atomic E-state index is 11.3. The molecule has 0 saturated carbocycles. The maximum Gasteiger partial charge on any atom is 0.150 e. The number of carbonyl (C=O) groups is 1. The molecule has 0 aliphatic heterocycles. The number of hydrogen-bond acceptors (Lipinski definition) is 1. The highest BCUT2D eigenvalue weighted by molar-refractivity contribution is 5.83. The molecule has 2 atom stereocenters. The van der Waals surface area contributed by atoms with E-state index < -0.39 is 0 Å². The highest BCUT2D eigenvalue weighted by Gasteiger charge is 2.56. The van der Waals surface area contributed by atoms with Gasteiger partial charge >= 0.3 is 0 Å². The van der Waals surface area contributed by atoms with Gasteiger partial charge in [0, 0.05) is 16.4 Å². The zero-order valence-corrected chi connectivity index (χ0v) is 15.1. The lowest BCUT2D eigenvalue weighted by Crippen LogP contribution is -2.47. The van der Waals surface area contributed by atoms with Crippen molar-refractivity contribution in [2.75, 3.05) is 0 Å². The van der Waals surface area contributed by atoms with E-state index in [0.717, 1.165) is 11.9 Å². The summed E-state index contributed by atoms with van der Waals surface area (Å²) in [5.41, 5.74) is 7.26. The van der Waals surface area contributed by atoms with Crippen LogP contribution in [0.3, 0.4) is 0 Å². The van der Waals surface area contributed by atoms with Gasteiger partial charge in [0.1, 0.15) is 6.29 Å². The lowest BCUT2D eigenvalue weighted by molar-refractivity contribution is -0.104. The van der Waals surface area contributed by atoms with Crippen molar-refractivity contribution >= 4 is 6.29 Å². The molecule has 0 N–H and O–H groups in total. The summed E-state index contributed by atoms with van der Waals surface area (Å²) in [7, 11) is 0. The van der Waals surface area contributed by atoms with Gasteiger partial charge in [0.25, 0.3) is 0 Å². The second-order valence-electron chi connectivity index (χ2n) is 8.64. The number of aldehydes is 1. The topological polar surface area (TPSA) is 17.1 Å². The van der Waals surface area contributed by atoms with Crippen LogP contribution in [0.15, 0.2) is 82.0 Å². The fourth-order valence-electron chi connectivity index (χ4n) is 4.56. The maximum absolute atomic E-state index is 11.3. The lowest BCUT2D eigenvalue weighted by atomic mass is 9.46. The van der Waals surface area contributed by atoms with Crippen molar-refractivity contribution in [3.05, 3.63) is 82.0 Å². The first-order valence-electron chi connectivity index (χ1n) is 8.66. The van der Waals surface area contributed by atoms with Gasteiger partial charge < -0.3 is 0 Å². The zero-order chi connectivity index (χ0) is 17.3. The fraction of sp³-hybridized carbons (Fsp3) is 0.348. The van der Waals surface area contributed by atoms with Crippen LogP contribution in [-0.4, -0.2) is 6.29 Å². The molecular weight excluding hydrogens is 292 g/mol. The summed E-state index contributed by atoms with van der Waals surface area (Å²) < 4.78 is 0. The molecule has 2 unspecified atom stereocenters. The van der Waals surface area contributed by atoms with Crippen molar-refractivity contribution in [3.8, 4) is 0 Å². The van der Waals surface area contributed by atoms with Crippen molar-refractivity contribution in [3.63, 3.8) is 0 Å². The molecule has 0 aromatic carbocycles. The molecule has 0 spiro atoms. The number of rotatable bonds is 1. The summed E-state index contributed by atoms with van der Waals surface area (Å²) in [6, 6.07) is 0. The summed E-state index contributed by atoms with van der Waals surface area (Å²) in [6.07, 6.45) is 18.7. The Morgan fingerprint density at radius 3 is 1.88 bits per heavy atom. The molecule has 0 radical (unpaired) electrons. The molecule has 0 fully saturated rings. The Morgan fingerprint density at radius 1 is 0.792 bits per heavy atom. The first-order valence-corrected chi connectivity index (χ1v) is 8.66. The average Bonchev–Trinajstić information content (AvgIpc) is 2.51. The summed E-state index contributed by atoms with van der Waals surface area (Å²) in [5, 5.41) is 0. The fourth-order valence-corrected chi connectivity index (χ4v) is 4.56. The van der Waals surface area contributed by atoms with Crippen molar-refractivity contribution in [1.82, 2.24) is 0 Å². The molecule has 0 heterocycles. The third kappa shape index (κ3) is 1.68. The average molecular weight is 316 g/mol. The molecule has 4 rings (SSSR count). The first-order chi connectivity index (χ1) is 11.2. The summed E-state index contributed by atoms with van der Waals surface area (Å²) in [4.78, 5) is 11.3. The van der Waals surface area contributed by atoms with Gasteiger partial charge in [0.15, 0.2) is 0 Å². The van der Waals surface area contributed by atoms with Crippen LogP contribution in [0.5, 0.6) is 0 Å². The molecule has 0 saturated heterocycles. The van der Waals surface area contributed by atoms with Crippen LogP contribution in [0.25, 0.3) is 0 Å². The van der Waals surface area contributed by atoms with Crippen LogP contribution < -0.4 is 0 Å². The third-order valence-electron chi connectivity index (χ3n) is 6.46. The van der Waals surface area contributed by atoms with E-state index in [9.17, 15) is 4.79 Å². The van der Waals surface area contributed by atoms with Crippen LogP contribution in [0.1, 0.15) is 34.6 Å². The number of allylic oxidation sites excluding steroid dienone is 14. The second-order valence-corrected chi connectivity index (χ2v) is 8.64. The van der Waals surface area contributed by atoms with E-state index in [2.05, 4.69) is 83.2 Å². The minimum absolute atomic E-state index is 0.0860. The van der Waals surface area contributed by atoms with E-state index >= 15 is 0 Å². The highest BCUT2D eigenvalue weighted by atomic mass is 16.1. The van der Waals surface area contributed by atoms with Crippen LogP contribution in [0, 0.1) is 16.2 Å². The predicted molar refractivity (Wildman–Crippen MR) is 99.4 cm³/mol. The standard InChI is InChI=1S/C23H24O/c1-21(2,3)20-12-18-8-6-16-10-15(14-24)11-17-7-9-19(13-20)23(18,5)22(16,17)4/h6-14H,1-5H3. The van der Waals surface area contributed by atoms with Crippen molar-refractivity contribution in [1.29, 1.82) is 0 Å². The van der Waals surface area contributed by atoms with Gasteiger partial charge in [0.05, 0.1) is 0 Å². The largest absolute Gasteiger partial charge is 0.298 e. The molecular formula is C23H24O. The molecule has 4 aliphatic rings. The zero-order valence-electron chi connectivity index (χ0n) is 15.1. The van der Waals surface area contributed by atoms with E-state index in [-0.39, 0.29) is 16.2 Å². The summed E-state index contributed by atoms with van der Waals surface area (Å²) >= 11 is 0. The monoisotopic (exact) mass is 316 g/mol.